The number of rotatable bonds is 7. The maximum absolute atomic E-state index is 5.68. The zero-order chi connectivity index (χ0) is 12.7. The summed E-state index contributed by atoms with van der Waals surface area (Å²) < 4.78 is 10.9. The Morgan fingerprint density at radius 3 is 2.71 bits per heavy atom. The number of ether oxygens (including phenoxy) is 2. The van der Waals surface area contributed by atoms with Gasteiger partial charge in [-0.2, -0.15) is 0 Å². The maximum Gasteiger partial charge on any atom is 0.218 e. The van der Waals surface area contributed by atoms with E-state index in [-0.39, 0.29) is 0 Å². The van der Waals surface area contributed by atoms with Crippen molar-refractivity contribution in [3.05, 3.63) is 22.9 Å². The van der Waals surface area contributed by atoms with Crippen LogP contribution in [0.4, 0.5) is 0 Å². The monoisotopic (exact) mass is 238 g/mol. The largest absolute Gasteiger partial charge is 0.475 e. The van der Waals surface area contributed by atoms with Crippen molar-refractivity contribution in [2.24, 2.45) is 0 Å². The molecule has 1 aromatic heterocycles. The Balaban J connectivity index is 2.73. The first kappa shape index (κ1) is 13.9. The lowest BCUT2D eigenvalue weighted by molar-refractivity contribution is 0.108. The van der Waals surface area contributed by atoms with Crippen molar-refractivity contribution >= 4 is 0 Å². The number of hydrogen-bond acceptors (Lipinski definition) is 4. The van der Waals surface area contributed by atoms with Crippen LogP contribution in [0, 0.1) is 13.8 Å². The average Bonchev–Trinajstić information content (AvgIpc) is 2.29. The molecule has 0 amide bonds. The molecule has 0 aliphatic heterocycles. The van der Waals surface area contributed by atoms with Gasteiger partial charge in [0.15, 0.2) is 0 Å². The third-order valence-electron chi connectivity index (χ3n) is 2.46. The second kappa shape index (κ2) is 7.25. The topological polar surface area (TPSA) is 43.4 Å². The van der Waals surface area contributed by atoms with Gasteiger partial charge in [-0.1, -0.05) is 0 Å². The molecule has 0 fully saturated rings. The molecular weight excluding hydrogens is 216 g/mol. The molecule has 0 saturated carbocycles. The molecule has 1 heterocycles. The average molecular weight is 238 g/mol. The Kier molecular flexibility index (Phi) is 5.94. The van der Waals surface area contributed by atoms with Gasteiger partial charge in [0.1, 0.15) is 6.61 Å². The van der Waals surface area contributed by atoms with Crippen LogP contribution in [-0.4, -0.2) is 31.9 Å². The molecule has 1 aromatic rings. The van der Waals surface area contributed by atoms with Gasteiger partial charge in [0.25, 0.3) is 0 Å². The molecule has 0 radical (unpaired) electrons. The van der Waals surface area contributed by atoms with Gasteiger partial charge in [0, 0.05) is 24.4 Å². The molecule has 4 heteroatoms. The van der Waals surface area contributed by atoms with Crippen LogP contribution in [-0.2, 0) is 11.3 Å². The number of pyridine rings is 1. The standard InChI is InChI=1S/C13H22N2O2/c1-5-16-6-7-17-13-12(9-14-4)10(2)8-11(3)15-13/h8,14H,5-7,9H2,1-4H3. The van der Waals surface area contributed by atoms with E-state index in [2.05, 4.69) is 23.3 Å². The highest BCUT2D eigenvalue weighted by Crippen LogP contribution is 2.20. The van der Waals surface area contributed by atoms with Crippen LogP contribution in [0.5, 0.6) is 5.88 Å². The Hall–Kier alpha value is -1.13. The van der Waals surface area contributed by atoms with Crippen molar-refractivity contribution in [2.75, 3.05) is 26.9 Å². The normalized spacial score (nSPS) is 10.6. The molecule has 4 nitrogen and oxygen atoms in total. The van der Waals surface area contributed by atoms with E-state index >= 15 is 0 Å². The molecule has 0 aliphatic rings. The summed E-state index contributed by atoms with van der Waals surface area (Å²) in [7, 11) is 1.92. The summed E-state index contributed by atoms with van der Waals surface area (Å²) in [4.78, 5) is 4.43. The first-order valence-electron chi connectivity index (χ1n) is 6.01. The molecule has 0 spiro atoms. The Bertz CT molecular complexity index is 354. The van der Waals surface area contributed by atoms with Crippen LogP contribution in [0.25, 0.3) is 0 Å². The third kappa shape index (κ3) is 4.32. The lowest BCUT2D eigenvalue weighted by Gasteiger charge is -2.13. The van der Waals surface area contributed by atoms with Crippen LogP contribution in [0.15, 0.2) is 6.07 Å². The van der Waals surface area contributed by atoms with Gasteiger partial charge in [-0.25, -0.2) is 4.98 Å². The molecule has 0 unspecified atom stereocenters. The highest BCUT2D eigenvalue weighted by atomic mass is 16.5. The third-order valence-corrected chi connectivity index (χ3v) is 2.46. The molecule has 0 aromatic carbocycles. The summed E-state index contributed by atoms with van der Waals surface area (Å²) in [6.07, 6.45) is 0. The summed E-state index contributed by atoms with van der Waals surface area (Å²) in [5, 5.41) is 3.14. The zero-order valence-corrected chi connectivity index (χ0v) is 11.2. The van der Waals surface area contributed by atoms with E-state index in [4.69, 9.17) is 9.47 Å². The summed E-state index contributed by atoms with van der Waals surface area (Å²) in [5.41, 5.74) is 3.31. The highest BCUT2D eigenvalue weighted by molar-refractivity contribution is 5.35. The number of nitrogens with zero attached hydrogens (tertiary/aromatic N) is 1. The molecule has 0 saturated heterocycles. The van der Waals surface area contributed by atoms with Gasteiger partial charge < -0.3 is 14.8 Å². The van der Waals surface area contributed by atoms with E-state index in [1.807, 2.05) is 20.9 Å². The smallest absolute Gasteiger partial charge is 0.218 e. The summed E-state index contributed by atoms with van der Waals surface area (Å²) >= 11 is 0. The fourth-order valence-electron chi connectivity index (χ4n) is 1.68. The molecule has 0 atom stereocenters. The van der Waals surface area contributed by atoms with Gasteiger partial charge in [0.2, 0.25) is 5.88 Å². The molecular formula is C13H22N2O2. The molecule has 1 N–H and O–H groups in total. The predicted octanol–water partition coefficient (Wildman–Crippen LogP) is 1.83. The van der Waals surface area contributed by atoms with E-state index in [0.29, 0.717) is 19.8 Å². The molecule has 1 rings (SSSR count). The van der Waals surface area contributed by atoms with Gasteiger partial charge in [-0.05, 0) is 39.4 Å². The predicted molar refractivity (Wildman–Crippen MR) is 68.5 cm³/mol. The molecule has 17 heavy (non-hydrogen) atoms. The first-order valence-corrected chi connectivity index (χ1v) is 6.01. The number of hydrogen-bond donors (Lipinski definition) is 1. The van der Waals surface area contributed by atoms with E-state index in [0.717, 1.165) is 23.7 Å². The van der Waals surface area contributed by atoms with Gasteiger partial charge in [-0.3, -0.25) is 0 Å². The summed E-state index contributed by atoms with van der Waals surface area (Å²) in [5.74, 6) is 0.719. The second-order valence-electron chi connectivity index (χ2n) is 3.94. The van der Waals surface area contributed by atoms with Crippen LogP contribution in [0.1, 0.15) is 23.7 Å². The maximum atomic E-state index is 5.68. The Morgan fingerprint density at radius 1 is 1.29 bits per heavy atom. The van der Waals surface area contributed by atoms with Crippen LogP contribution in [0.3, 0.4) is 0 Å². The van der Waals surface area contributed by atoms with Crippen LogP contribution < -0.4 is 10.1 Å². The van der Waals surface area contributed by atoms with E-state index < -0.39 is 0 Å². The summed E-state index contributed by atoms with van der Waals surface area (Å²) in [6.45, 7) is 8.66. The van der Waals surface area contributed by atoms with Gasteiger partial charge in [-0.15, -0.1) is 0 Å². The number of aromatic nitrogens is 1. The second-order valence-corrected chi connectivity index (χ2v) is 3.94. The minimum absolute atomic E-state index is 0.542. The van der Waals surface area contributed by atoms with Crippen molar-refractivity contribution in [1.82, 2.24) is 10.3 Å². The van der Waals surface area contributed by atoms with Gasteiger partial charge >= 0.3 is 0 Å². The zero-order valence-electron chi connectivity index (χ0n) is 11.2. The van der Waals surface area contributed by atoms with Crippen LogP contribution in [0.2, 0.25) is 0 Å². The van der Waals surface area contributed by atoms with Crippen molar-refractivity contribution in [1.29, 1.82) is 0 Å². The van der Waals surface area contributed by atoms with Crippen molar-refractivity contribution in [2.45, 2.75) is 27.3 Å². The molecule has 0 aliphatic carbocycles. The lowest BCUT2D eigenvalue weighted by atomic mass is 10.1. The van der Waals surface area contributed by atoms with Crippen LogP contribution >= 0.6 is 0 Å². The molecule has 0 bridgehead atoms. The van der Waals surface area contributed by atoms with Crippen molar-refractivity contribution in [3.8, 4) is 5.88 Å². The fraction of sp³-hybridized carbons (Fsp3) is 0.615. The van der Waals surface area contributed by atoms with Gasteiger partial charge in [0.05, 0.1) is 6.61 Å². The van der Waals surface area contributed by atoms with E-state index in [9.17, 15) is 0 Å². The fourth-order valence-corrected chi connectivity index (χ4v) is 1.68. The Labute approximate surface area is 103 Å². The Morgan fingerprint density at radius 2 is 2.06 bits per heavy atom. The number of aryl methyl sites for hydroxylation is 2. The van der Waals surface area contributed by atoms with Crippen molar-refractivity contribution in [3.63, 3.8) is 0 Å². The van der Waals surface area contributed by atoms with Crippen molar-refractivity contribution < 1.29 is 9.47 Å². The number of nitrogens with one attached hydrogen (secondary N) is 1. The van der Waals surface area contributed by atoms with E-state index in [1.165, 1.54) is 5.56 Å². The lowest BCUT2D eigenvalue weighted by Crippen LogP contribution is -2.13. The summed E-state index contributed by atoms with van der Waals surface area (Å²) in [6, 6.07) is 2.07. The van der Waals surface area contributed by atoms with E-state index in [1.54, 1.807) is 0 Å². The minimum Gasteiger partial charge on any atom is -0.475 e. The highest BCUT2D eigenvalue weighted by Gasteiger charge is 2.09. The SMILES string of the molecule is CCOCCOc1nc(C)cc(C)c1CNC. The molecule has 96 valence electrons. The minimum atomic E-state index is 0.542. The first-order chi connectivity index (χ1) is 8.19. The quantitative estimate of drug-likeness (QED) is 0.736.